The highest BCUT2D eigenvalue weighted by molar-refractivity contribution is 9.10. The average Bonchev–Trinajstić information content (AvgIpc) is 3.19. The van der Waals surface area contributed by atoms with E-state index in [0.717, 1.165) is 5.56 Å². The van der Waals surface area contributed by atoms with Gasteiger partial charge in [0.15, 0.2) is 12.1 Å². The largest absolute Gasteiger partial charge is 0.388 e. The first-order chi connectivity index (χ1) is 15.4. The Labute approximate surface area is 197 Å². The maximum absolute atomic E-state index is 11.1. The maximum Gasteiger partial charge on any atom is 0.184 e. The van der Waals surface area contributed by atoms with E-state index in [9.17, 15) is 5.11 Å². The summed E-state index contributed by atoms with van der Waals surface area (Å²) in [5.41, 5.74) is 7.89. The summed E-state index contributed by atoms with van der Waals surface area (Å²) >= 11 is 9.56. The Balaban J connectivity index is 1.44. The predicted molar refractivity (Wildman–Crippen MR) is 118 cm³/mol. The van der Waals surface area contributed by atoms with E-state index in [1.165, 1.54) is 6.20 Å². The van der Waals surface area contributed by atoms with Crippen molar-refractivity contribution in [2.24, 2.45) is 5.73 Å². The van der Waals surface area contributed by atoms with Crippen LogP contribution in [-0.2, 0) is 14.2 Å². The number of ether oxygens (including phenoxy) is 3. The fraction of sp³-hybridized carbons (Fsp3) is 0.381. The van der Waals surface area contributed by atoms with Gasteiger partial charge in [0.2, 0.25) is 0 Å². The van der Waals surface area contributed by atoms with Gasteiger partial charge in [-0.25, -0.2) is 14.6 Å². The minimum absolute atomic E-state index is 0.261. The van der Waals surface area contributed by atoms with Crippen molar-refractivity contribution in [2.75, 3.05) is 6.61 Å². The minimum atomic E-state index is -1.08. The van der Waals surface area contributed by atoms with E-state index < -0.39 is 36.7 Å². The van der Waals surface area contributed by atoms with Gasteiger partial charge in [0.1, 0.15) is 40.5 Å². The molecule has 32 heavy (non-hydrogen) atoms. The van der Waals surface area contributed by atoms with E-state index in [4.69, 9.17) is 31.5 Å². The molecule has 0 amide bonds. The number of aliphatic hydroxyl groups is 1. The zero-order chi connectivity index (χ0) is 22.4. The number of fused-ring (bicyclic) bond motifs is 1. The number of hydrogen-bond acceptors (Lipinski definition) is 8. The smallest absolute Gasteiger partial charge is 0.184 e. The second-order valence-electron chi connectivity index (χ2n) is 7.73. The molecular weight excluding hydrogens is 502 g/mol. The summed E-state index contributed by atoms with van der Waals surface area (Å²) in [4.78, 5) is 8.72. The molecule has 2 saturated heterocycles. The van der Waals surface area contributed by atoms with E-state index in [1.807, 2.05) is 30.3 Å². The predicted octanol–water partition coefficient (Wildman–Crippen LogP) is 2.63. The lowest BCUT2D eigenvalue weighted by molar-refractivity contribution is -0.309. The lowest BCUT2D eigenvalue weighted by Gasteiger charge is -2.46. The number of benzene rings is 1. The van der Waals surface area contributed by atoms with Crippen LogP contribution < -0.4 is 5.73 Å². The molecule has 5 rings (SSSR count). The van der Waals surface area contributed by atoms with Crippen LogP contribution >= 0.6 is 27.5 Å². The van der Waals surface area contributed by atoms with Gasteiger partial charge >= 0.3 is 0 Å². The van der Waals surface area contributed by atoms with Crippen molar-refractivity contribution in [3.05, 3.63) is 69.4 Å². The molecule has 0 spiro atoms. The van der Waals surface area contributed by atoms with Crippen LogP contribution in [0.25, 0.3) is 5.69 Å². The topological polar surface area (TPSA) is 118 Å². The quantitative estimate of drug-likeness (QED) is 0.504. The number of hydrogen-bond donors (Lipinski definition) is 2. The van der Waals surface area contributed by atoms with Crippen LogP contribution in [-0.4, -0.2) is 55.8 Å². The van der Waals surface area contributed by atoms with E-state index in [0.29, 0.717) is 27.0 Å². The lowest BCUT2D eigenvalue weighted by Crippen LogP contribution is -2.62. The molecule has 9 nitrogen and oxygen atoms in total. The summed E-state index contributed by atoms with van der Waals surface area (Å²) in [7, 11) is 0. The Morgan fingerprint density at radius 2 is 2.03 bits per heavy atom. The summed E-state index contributed by atoms with van der Waals surface area (Å²) in [6.07, 6.45) is -2.01. The molecule has 3 aromatic rings. The van der Waals surface area contributed by atoms with Crippen molar-refractivity contribution in [3.63, 3.8) is 0 Å². The average molecular weight is 523 g/mol. The second kappa shape index (κ2) is 8.79. The van der Waals surface area contributed by atoms with Gasteiger partial charge in [0.25, 0.3) is 0 Å². The molecule has 2 aromatic heterocycles. The second-order valence-corrected chi connectivity index (χ2v) is 8.92. The molecule has 4 heterocycles. The fourth-order valence-corrected chi connectivity index (χ4v) is 4.56. The molecule has 1 aromatic carbocycles. The van der Waals surface area contributed by atoms with Gasteiger partial charge in [-0.05, 0) is 28.9 Å². The first-order valence-corrected chi connectivity index (χ1v) is 11.3. The van der Waals surface area contributed by atoms with Gasteiger partial charge in [-0.15, -0.1) is 0 Å². The third kappa shape index (κ3) is 3.96. The van der Waals surface area contributed by atoms with Crippen LogP contribution in [0.15, 0.2) is 47.2 Å². The monoisotopic (exact) mass is 521 g/mol. The Kier molecular flexibility index (Phi) is 6.01. The number of nitrogens with two attached hydrogens (primary N) is 1. The first kappa shape index (κ1) is 21.9. The Morgan fingerprint density at radius 1 is 1.25 bits per heavy atom. The van der Waals surface area contributed by atoms with Crippen molar-refractivity contribution >= 4 is 27.5 Å². The molecule has 0 radical (unpaired) electrons. The molecule has 0 bridgehead atoms. The van der Waals surface area contributed by atoms with E-state index >= 15 is 0 Å². The van der Waals surface area contributed by atoms with Gasteiger partial charge < -0.3 is 25.1 Å². The Bertz CT molecular complexity index is 1110. The lowest BCUT2D eigenvalue weighted by atomic mass is 9.92. The van der Waals surface area contributed by atoms with Gasteiger partial charge in [0.05, 0.1) is 17.7 Å². The van der Waals surface area contributed by atoms with Crippen LogP contribution in [0.3, 0.4) is 0 Å². The molecular formula is C21H21BrClN5O4. The third-order valence-corrected chi connectivity index (χ3v) is 6.36. The van der Waals surface area contributed by atoms with Crippen LogP contribution in [0.5, 0.6) is 0 Å². The van der Waals surface area contributed by atoms with Gasteiger partial charge in [-0.2, -0.15) is 5.10 Å². The van der Waals surface area contributed by atoms with Crippen molar-refractivity contribution in [3.8, 4) is 5.69 Å². The number of aromatic nitrogens is 4. The Hall–Kier alpha value is -1.92. The molecule has 1 unspecified atom stereocenters. The number of rotatable bonds is 3. The van der Waals surface area contributed by atoms with Crippen molar-refractivity contribution in [1.29, 1.82) is 0 Å². The molecule has 6 atom stereocenters. The number of aliphatic hydroxyl groups excluding tert-OH is 1. The molecule has 2 aliphatic heterocycles. The Morgan fingerprint density at radius 3 is 2.81 bits per heavy atom. The van der Waals surface area contributed by atoms with Crippen molar-refractivity contribution in [1.82, 2.24) is 19.7 Å². The van der Waals surface area contributed by atoms with Gasteiger partial charge in [0, 0.05) is 11.8 Å². The molecule has 2 fully saturated rings. The van der Waals surface area contributed by atoms with Gasteiger partial charge in [-0.3, -0.25) is 0 Å². The van der Waals surface area contributed by atoms with Crippen molar-refractivity contribution in [2.45, 2.75) is 43.7 Å². The van der Waals surface area contributed by atoms with E-state index in [1.54, 1.807) is 17.7 Å². The zero-order valence-corrected chi connectivity index (χ0v) is 19.3. The zero-order valence-electron chi connectivity index (χ0n) is 17.0. The molecule has 0 saturated carbocycles. The molecule has 3 N–H and O–H groups in total. The summed E-state index contributed by atoms with van der Waals surface area (Å²) in [5.74, 6) is 0.887. The maximum atomic E-state index is 11.1. The first-order valence-electron chi connectivity index (χ1n) is 10.1. The standard InChI is InChI=1S/C21H21BrClN5O4/c1-10-26-20(28(27-10)13-7-12(23)8-25-19(13)22)18-16(29)15(24)17-14(31-18)9-30-21(32-17)11-5-3-2-4-6-11/h2-8,14-18,21,29H,9,24H2,1H3/t14-,15-,16-,17+,18-,21?/m1/s1. The summed E-state index contributed by atoms with van der Waals surface area (Å²) in [6, 6.07) is 10.6. The third-order valence-electron chi connectivity index (χ3n) is 5.54. The van der Waals surface area contributed by atoms with Gasteiger partial charge in [-0.1, -0.05) is 41.9 Å². The summed E-state index contributed by atoms with van der Waals surface area (Å²) in [5, 5.41) is 16.0. The summed E-state index contributed by atoms with van der Waals surface area (Å²) < 4.78 is 20.3. The minimum Gasteiger partial charge on any atom is -0.388 e. The number of nitrogens with zero attached hydrogens (tertiary/aromatic N) is 4. The van der Waals surface area contributed by atoms with Crippen LogP contribution in [0.2, 0.25) is 5.02 Å². The fourth-order valence-electron chi connectivity index (χ4n) is 4.02. The molecule has 11 heteroatoms. The molecule has 168 valence electrons. The number of halogens is 2. The highest BCUT2D eigenvalue weighted by Crippen LogP contribution is 2.38. The highest BCUT2D eigenvalue weighted by atomic mass is 79.9. The van der Waals surface area contributed by atoms with E-state index in [-0.39, 0.29) is 6.61 Å². The van der Waals surface area contributed by atoms with Crippen LogP contribution in [0, 0.1) is 6.92 Å². The van der Waals surface area contributed by atoms with Crippen LogP contribution in [0.4, 0.5) is 0 Å². The highest BCUT2D eigenvalue weighted by Gasteiger charge is 2.49. The number of aryl methyl sites for hydroxylation is 1. The summed E-state index contributed by atoms with van der Waals surface area (Å²) in [6.45, 7) is 2.01. The normalized spacial score (nSPS) is 30.2. The SMILES string of the molecule is Cc1nc([C@@H]2O[C@@H]3COC(c4ccccc4)O[C@@H]3[C@H](N)[C@H]2O)n(-c2cc(Cl)cnc2Br)n1. The number of pyridine rings is 1. The molecule has 2 aliphatic rings. The molecule has 0 aliphatic carbocycles. The van der Waals surface area contributed by atoms with Crippen LogP contribution in [0.1, 0.15) is 29.6 Å². The van der Waals surface area contributed by atoms with Crippen molar-refractivity contribution < 1.29 is 19.3 Å². The van der Waals surface area contributed by atoms with E-state index in [2.05, 4.69) is 31.0 Å².